The molecule has 1 amide bonds. The number of aromatic nitrogens is 1. The molecule has 0 aliphatic carbocycles. The minimum atomic E-state index is -3.54. The van der Waals surface area contributed by atoms with E-state index in [1.165, 1.54) is 37.6 Å². The number of nitrogens with one attached hydrogen (secondary N) is 2. The highest BCUT2D eigenvalue weighted by Crippen LogP contribution is 2.29. The summed E-state index contributed by atoms with van der Waals surface area (Å²) in [6, 6.07) is 11.3. The minimum Gasteiger partial charge on any atom is -0.493 e. The summed E-state index contributed by atoms with van der Waals surface area (Å²) < 4.78 is 37.2. The molecular formula is C20H21N3O5S2. The lowest BCUT2D eigenvalue weighted by Gasteiger charge is -2.12. The van der Waals surface area contributed by atoms with Gasteiger partial charge in [0.05, 0.1) is 23.2 Å². The van der Waals surface area contributed by atoms with Crippen LogP contribution in [-0.4, -0.2) is 33.5 Å². The van der Waals surface area contributed by atoms with Gasteiger partial charge in [-0.05, 0) is 42.9 Å². The molecule has 0 atom stereocenters. The number of benzene rings is 2. The van der Waals surface area contributed by atoms with E-state index in [-0.39, 0.29) is 17.3 Å². The first-order valence-electron chi connectivity index (χ1n) is 8.91. The van der Waals surface area contributed by atoms with Gasteiger partial charge < -0.3 is 14.8 Å². The number of nitrogens with zero attached hydrogens (tertiary/aromatic N) is 1. The fraction of sp³-hybridized carbons (Fsp3) is 0.200. The lowest BCUT2D eigenvalue weighted by Crippen LogP contribution is -2.23. The fourth-order valence-electron chi connectivity index (χ4n) is 2.61. The third-order valence-electron chi connectivity index (χ3n) is 4.22. The number of hydrogen-bond acceptors (Lipinski definition) is 7. The predicted octanol–water partition coefficient (Wildman–Crippen LogP) is 2.57. The van der Waals surface area contributed by atoms with Crippen LogP contribution < -0.4 is 19.5 Å². The Bertz CT molecular complexity index is 1120. The van der Waals surface area contributed by atoms with E-state index in [4.69, 9.17) is 9.47 Å². The van der Waals surface area contributed by atoms with Crippen LogP contribution >= 0.6 is 11.3 Å². The smallest absolute Gasteiger partial charge is 0.251 e. The molecule has 0 saturated heterocycles. The van der Waals surface area contributed by atoms with Gasteiger partial charge in [0.2, 0.25) is 10.0 Å². The van der Waals surface area contributed by atoms with Gasteiger partial charge in [-0.1, -0.05) is 12.1 Å². The number of carbonyl (C=O) groups is 1. The van der Waals surface area contributed by atoms with Crippen LogP contribution in [0.4, 0.5) is 0 Å². The second-order valence-electron chi connectivity index (χ2n) is 6.17. The Morgan fingerprint density at radius 2 is 2.00 bits per heavy atom. The van der Waals surface area contributed by atoms with Crippen molar-refractivity contribution in [1.82, 2.24) is 15.0 Å². The molecule has 3 aromatic rings. The number of carbonyl (C=O) groups excluding carboxylic acids is 1. The lowest BCUT2D eigenvalue weighted by atomic mass is 10.1. The van der Waals surface area contributed by atoms with E-state index in [9.17, 15) is 13.2 Å². The van der Waals surface area contributed by atoms with Crippen LogP contribution in [0, 0.1) is 0 Å². The summed E-state index contributed by atoms with van der Waals surface area (Å²) in [7, 11) is -0.695. The minimum absolute atomic E-state index is 0.139. The fourth-order valence-corrected chi connectivity index (χ4v) is 3.96. The topological polar surface area (TPSA) is 107 Å². The monoisotopic (exact) mass is 447 g/mol. The molecule has 0 bridgehead atoms. The van der Waals surface area contributed by atoms with Crippen LogP contribution in [-0.2, 0) is 23.2 Å². The summed E-state index contributed by atoms with van der Waals surface area (Å²) in [5.41, 5.74) is 3.60. The van der Waals surface area contributed by atoms with Crippen LogP contribution in [0.3, 0.4) is 0 Å². The Labute approximate surface area is 178 Å². The molecular weight excluding hydrogens is 426 g/mol. The van der Waals surface area contributed by atoms with Crippen molar-refractivity contribution >= 4 is 27.3 Å². The number of sulfonamides is 1. The van der Waals surface area contributed by atoms with Gasteiger partial charge in [0, 0.05) is 17.5 Å². The van der Waals surface area contributed by atoms with Crippen molar-refractivity contribution in [3.05, 3.63) is 70.2 Å². The molecule has 1 heterocycles. The Morgan fingerprint density at radius 1 is 1.17 bits per heavy atom. The Balaban J connectivity index is 1.66. The SMILES string of the molecule is CNS(=O)(=O)c1cccc(CNC(=O)c2ccc(OCc3cscn3)c(OC)c2)c1. The molecule has 1 aromatic heterocycles. The highest BCUT2D eigenvalue weighted by atomic mass is 32.2. The highest BCUT2D eigenvalue weighted by molar-refractivity contribution is 7.89. The summed E-state index contributed by atoms with van der Waals surface area (Å²) >= 11 is 1.49. The standard InChI is InChI=1S/C20H21N3O5S2/c1-21-30(25,26)17-5-3-4-14(8-17)10-22-20(24)15-6-7-18(19(9-15)27-2)28-11-16-12-29-13-23-16/h3-9,12-13,21H,10-11H2,1-2H3,(H,22,24). The molecule has 0 unspecified atom stereocenters. The first-order chi connectivity index (χ1) is 14.4. The van der Waals surface area contributed by atoms with E-state index < -0.39 is 10.0 Å². The molecule has 0 aliphatic heterocycles. The zero-order valence-electron chi connectivity index (χ0n) is 16.4. The summed E-state index contributed by atoms with van der Waals surface area (Å²) in [6.45, 7) is 0.480. The van der Waals surface area contributed by atoms with Gasteiger partial charge in [-0.15, -0.1) is 11.3 Å². The van der Waals surface area contributed by atoms with E-state index in [0.29, 0.717) is 29.2 Å². The van der Waals surface area contributed by atoms with Crippen molar-refractivity contribution in [3.63, 3.8) is 0 Å². The Morgan fingerprint density at radius 3 is 2.70 bits per heavy atom. The van der Waals surface area contributed by atoms with Crippen molar-refractivity contribution in [3.8, 4) is 11.5 Å². The quantitative estimate of drug-likeness (QED) is 0.522. The van der Waals surface area contributed by atoms with Gasteiger partial charge in [-0.25, -0.2) is 18.1 Å². The third kappa shape index (κ3) is 5.35. The molecule has 158 valence electrons. The molecule has 30 heavy (non-hydrogen) atoms. The molecule has 0 radical (unpaired) electrons. The summed E-state index contributed by atoms with van der Waals surface area (Å²) in [5, 5.41) is 4.67. The van der Waals surface area contributed by atoms with Crippen molar-refractivity contribution in [2.24, 2.45) is 0 Å². The number of thiazole rings is 1. The molecule has 10 heteroatoms. The van der Waals surface area contributed by atoms with Gasteiger partial charge in [-0.3, -0.25) is 4.79 Å². The first-order valence-corrected chi connectivity index (χ1v) is 11.3. The molecule has 0 saturated carbocycles. The first kappa shape index (κ1) is 21.8. The number of ether oxygens (including phenoxy) is 2. The number of amides is 1. The van der Waals surface area contributed by atoms with Gasteiger partial charge >= 0.3 is 0 Å². The average molecular weight is 448 g/mol. The lowest BCUT2D eigenvalue weighted by molar-refractivity contribution is 0.0950. The molecule has 8 nitrogen and oxygen atoms in total. The van der Waals surface area contributed by atoms with Crippen molar-refractivity contribution in [2.75, 3.05) is 14.2 Å². The maximum absolute atomic E-state index is 12.5. The predicted molar refractivity (Wildman–Crippen MR) is 113 cm³/mol. The maximum atomic E-state index is 12.5. The van der Waals surface area contributed by atoms with E-state index >= 15 is 0 Å². The van der Waals surface area contributed by atoms with Crippen LogP contribution in [0.5, 0.6) is 11.5 Å². The Hall–Kier alpha value is -2.95. The summed E-state index contributed by atoms with van der Waals surface area (Å²) in [5.74, 6) is 0.619. The number of methoxy groups -OCH3 is 1. The van der Waals surface area contributed by atoms with Gasteiger partial charge in [0.1, 0.15) is 6.61 Å². The number of hydrogen-bond donors (Lipinski definition) is 2. The van der Waals surface area contributed by atoms with Gasteiger partial charge in [-0.2, -0.15) is 0 Å². The highest BCUT2D eigenvalue weighted by Gasteiger charge is 2.14. The zero-order valence-corrected chi connectivity index (χ0v) is 18.0. The van der Waals surface area contributed by atoms with E-state index in [1.807, 2.05) is 5.38 Å². The van der Waals surface area contributed by atoms with Crippen LogP contribution in [0.1, 0.15) is 21.6 Å². The molecule has 0 spiro atoms. The Kier molecular flexibility index (Phi) is 7.03. The number of rotatable bonds is 9. The largest absolute Gasteiger partial charge is 0.493 e. The van der Waals surface area contributed by atoms with E-state index in [0.717, 1.165) is 5.69 Å². The normalized spacial score (nSPS) is 11.1. The van der Waals surface area contributed by atoms with Crippen LogP contribution in [0.25, 0.3) is 0 Å². The molecule has 2 aromatic carbocycles. The van der Waals surface area contributed by atoms with Gasteiger partial charge in [0.15, 0.2) is 11.5 Å². The molecule has 0 aliphatic rings. The van der Waals surface area contributed by atoms with Crippen molar-refractivity contribution in [2.45, 2.75) is 18.0 Å². The van der Waals surface area contributed by atoms with Crippen LogP contribution in [0.15, 0.2) is 58.3 Å². The third-order valence-corrected chi connectivity index (χ3v) is 6.26. The van der Waals surface area contributed by atoms with Crippen molar-refractivity contribution < 1.29 is 22.7 Å². The van der Waals surface area contributed by atoms with E-state index in [1.54, 1.807) is 35.8 Å². The van der Waals surface area contributed by atoms with Crippen molar-refractivity contribution in [1.29, 1.82) is 0 Å². The molecule has 2 N–H and O–H groups in total. The average Bonchev–Trinajstić information content (AvgIpc) is 3.29. The molecule has 0 fully saturated rings. The maximum Gasteiger partial charge on any atom is 0.251 e. The van der Waals surface area contributed by atoms with Crippen LogP contribution in [0.2, 0.25) is 0 Å². The second-order valence-corrected chi connectivity index (χ2v) is 8.78. The summed E-state index contributed by atoms with van der Waals surface area (Å²) in [4.78, 5) is 16.8. The zero-order chi connectivity index (χ0) is 21.6. The van der Waals surface area contributed by atoms with E-state index in [2.05, 4.69) is 15.0 Å². The summed E-state index contributed by atoms with van der Waals surface area (Å²) in [6.07, 6.45) is 0. The molecule has 3 rings (SSSR count). The van der Waals surface area contributed by atoms with Gasteiger partial charge in [0.25, 0.3) is 5.91 Å². The second kappa shape index (κ2) is 9.70.